The molecule has 26 heavy (non-hydrogen) atoms. The van der Waals surface area contributed by atoms with E-state index in [1.54, 1.807) is 0 Å². The van der Waals surface area contributed by atoms with E-state index >= 15 is 0 Å². The Balaban J connectivity index is 1.49. The second kappa shape index (κ2) is 7.68. The third-order valence-corrected chi connectivity index (χ3v) is 4.29. The molecule has 2 N–H and O–H groups in total. The standard InChI is InChI=1S/C19H20F3N3O/c20-19(21,22)14-3-5-15(6-4-14)23-13-18(26)24-16-7-9-17(10-8-16)25-11-1-2-12-25/h3-10,23H,1-2,11-13H2,(H,24,26). The van der Waals surface area contributed by atoms with Crippen LogP contribution in [0.15, 0.2) is 48.5 Å². The van der Waals surface area contributed by atoms with Crippen LogP contribution in [0.1, 0.15) is 18.4 Å². The molecule has 1 aliphatic rings. The number of hydrogen-bond donors (Lipinski definition) is 2. The molecule has 0 unspecified atom stereocenters. The van der Waals surface area contributed by atoms with Crippen LogP contribution >= 0.6 is 0 Å². The SMILES string of the molecule is O=C(CNc1ccc(C(F)(F)F)cc1)Nc1ccc(N2CCCC2)cc1. The minimum atomic E-state index is -4.36. The molecular weight excluding hydrogens is 343 g/mol. The third-order valence-electron chi connectivity index (χ3n) is 4.29. The summed E-state index contributed by atoms with van der Waals surface area (Å²) >= 11 is 0. The molecule has 0 spiro atoms. The van der Waals surface area contributed by atoms with Crippen LogP contribution in [0.25, 0.3) is 0 Å². The second-order valence-corrected chi connectivity index (χ2v) is 6.22. The normalized spacial score (nSPS) is 14.3. The lowest BCUT2D eigenvalue weighted by atomic mass is 10.2. The Hall–Kier alpha value is -2.70. The van der Waals surface area contributed by atoms with Gasteiger partial charge < -0.3 is 15.5 Å². The van der Waals surface area contributed by atoms with Gasteiger partial charge in [0.05, 0.1) is 12.1 Å². The van der Waals surface area contributed by atoms with Crippen LogP contribution in [0.2, 0.25) is 0 Å². The summed E-state index contributed by atoms with van der Waals surface area (Å²) in [6.45, 7) is 2.09. The van der Waals surface area contributed by atoms with E-state index in [2.05, 4.69) is 15.5 Å². The summed E-state index contributed by atoms with van der Waals surface area (Å²) < 4.78 is 37.5. The molecule has 1 amide bonds. The molecule has 3 rings (SSSR count). The first-order valence-corrected chi connectivity index (χ1v) is 8.48. The predicted molar refractivity (Wildman–Crippen MR) is 96.5 cm³/mol. The molecule has 2 aromatic rings. The van der Waals surface area contributed by atoms with E-state index in [1.165, 1.54) is 25.0 Å². The fourth-order valence-corrected chi connectivity index (χ4v) is 2.90. The van der Waals surface area contributed by atoms with Crippen LogP contribution in [0, 0.1) is 0 Å². The second-order valence-electron chi connectivity index (χ2n) is 6.22. The number of rotatable bonds is 5. The molecule has 0 saturated carbocycles. The lowest BCUT2D eigenvalue weighted by molar-refractivity contribution is -0.137. The molecule has 1 saturated heterocycles. The Kier molecular flexibility index (Phi) is 5.35. The van der Waals surface area contributed by atoms with Crippen LogP contribution in [-0.4, -0.2) is 25.5 Å². The highest BCUT2D eigenvalue weighted by Crippen LogP contribution is 2.29. The smallest absolute Gasteiger partial charge is 0.376 e. The number of alkyl halides is 3. The van der Waals surface area contributed by atoms with Crippen LogP contribution < -0.4 is 15.5 Å². The molecule has 1 heterocycles. The molecule has 2 aromatic carbocycles. The monoisotopic (exact) mass is 363 g/mol. The summed E-state index contributed by atoms with van der Waals surface area (Å²) in [5, 5.41) is 5.58. The molecule has 0 radical (unpaired) electrons. The minimum Gasteiger partial charge on any atom is -0.376 e. The van der Waals surface area contributed by atoms with Crippen molar-refractivity contribution in [3.63, 3.8) is 0 Å². The van der Waals surface area contributed by atoms with Crippen LogP contribution in [0.3, 0.4) is 0 Å². The lowest BCUT2D eigenvalue weighted by Crippen LogP contribution is -2.22. The Morgan fingerprint density at radius 3 is 2.08 bits per heavy atom. The quantitative estimate of drug-likeness (QED) is 0.830. The highest BCUT2D eigenvalue weighted by atomic mass is 19.4. The summed E-state index contributed by atoms with van der Waals surface area (Å²) in [5.74, 6) is -0.265. The van der Waals surface area contributed by atoms with Crippen molar-refractivity contribution in [1.82, 2.24) is 0 Å². The minimum absolute atomic E-state index is 0.0285. The fourth-order valence-electron chi connectivity index (χ4n) is 2.90. The van der Waals surface area contributed by atoms with Crippen LogP contribution in [0.5, 0.6) is 0 Å². The summed E-state index contributed by atoms with van der Waals surface area (Å²) in [6.07, 6.45) is -1.96. The Bertz CT molecular complexity index is 736. The molecule has 1 aliphatic heterocycles. The Morgan fingerprint density at radius 1 is 0.923 bits per heavy atom. The van der Waals surface area contributed by atoms with Gasteiger partial charge in [-0.05, 0) is 61.4 Å². The van der Waals surface area contributed by atoms with Crippen molar-refractivity contribution in [2.75, 3.05) is 35.2 Å². The van der Waals surface area contributed by atoms with Gasteiger partial charge in [-0.3, -0.25) is 4.79 Å². The number of nitrogens with zero attached hydrogens (tertiary/aromatic N) is 1. The first kappa shape index (κ1) is 18.1. The molecule has 138 valence electrons. The number of amides is 1. The van der Waals surface area contributed by atoms with E-state index in [4.69, 9.17) is 0 Å². The van der Waals surface area contributed by atoms with Gasteiger partial charge in [-0.1, -0.05) is 0 Å². The topological polar surface area (TPSA) is 44.4 Å². The highest BCUT2D eigenvalue weighted by molar-refractivity contribution is 5.93. The average molecular weight is 363 g/mol. The number of anilines is 3. The van der Waals surface area contributed by atoms with E-state index in [-0.39, 0.29) is 12.5 Å². The maximum absolute atomic E-state index is 12.5. The summed E-state index contributed by atoms with van der Waals surface area (Å²) in [4.78, 5) is 14.3. The van der Waals surface area contributed by atoms with Gasteiger partial charge in [0.2, 0.25) is 5.91 Å². The predicted octanol–water partition coefficient (Wildman–Crippen LogP) is 4.36. The van der Waals surface area contributed by atoms with Crippen LogP contribution in [-0.2, 0) is 11.0 Å². The van der Waals surface area contributed by atoms with Gasteiger partial charge in [-0.15, -0.1) is 0 Å². The molecule has 0 aliphatic carbocycles. The van der Waals surface area contributed by atoms with E-state index in [1.807, 2.05) is 24.3 Å². The molecule has 1 fully saturated rings. The zero-order valence-electron chi connectivity index (χ0n) is 14.1. The van der Waals surface area contributed by atoms with E-state index in [9.17, 15) is 18.0 Å². The number of carbonyl (C=O) groups is 1. The van der Waals surface area contributed by atoms with Crippen molar-refractivity contribution in [3.05, 3.63) is 54.1 Å². The van der Waals surface area contributed by atoms with Gasteiger partial charge in [0.15, 0.2) is 0 Å². The first-order chi connectivity index (χ1) is 12.4. The van der Waals surface area contributed by atoms with Crippen molar-refractivity contribution in [2.24, 2.45) is 0 Å². The van der Waals surface area contributed by atoms with Gasteiger partial charge in [0.25, 0.3) is 0 Å². The Morgan fingerprint density at radius 2 is 1.50 bits per heavy atom. The van der Waals surface area contributed by atoms with Gasteiger partial charge in [0, 0.05) is 30.2 Å². The summed E-state index contributed by atoms with van der Waals surface area (Å²) in [6, 6.07) is 12.2. The number of benzene rings is 2. The molecule has 4 nitrogen and oxygen atoms in total. The maximum atomic E-state index is 12.5. The van der Waals surface area contributed by atoms with Crippen molar-refractivity contribution in [3.8, 4) is 0 Å². The number of halogens is 3. The first-order valence-electron chi connectivity index (χ1n) is 8.48. The lowest BCUT2D eigenvalue weighted by Gasteiger charge is -2.17. The molecular formula is C19H20F3N3O. The maximum Gasteiger partial charge on any atom is 0.416 e. The third kappa shape index (κ3) is 4.68. The number of carbonyl (C=O) groups excluding carboxylic acids is 1. The van der Waals surface area contributed by atoms with Gasteiger partial charge >= 0.3 is 6.18 Å². The zero-order valence-corrected chi connectivity index (χ0v) is 14.1. The number of nitrogens with one attached hydrogen (secondary N) is 2. The highest BCUT2D eigenvalue weighted by Gasteiger charge is 2.29. The van der Waals surface area contributed by atoms with Crippen molar-refractivity contribution >= 4 is 23.0 Å². The van der Waals surface area contributed by atoms with Crippen molar-refractivity contribution < 1.29 is 18.0 Å². The molecule has 0 bridgehead atoms. The average Bonchev–Trinajstić information content (AvgIpc) is 3.15. The van der Waals surface area contributed by atoms with E-state index in [0.29, 0.717) is 11.4 Å². The van der Waals surface area contributed by atoms with Gasteiger partial charge in [-0.25, -0.2) is 0 Å². The summed E-state index contributed by atoms with van der Waals surface area (Å²) in [7, 11) is 0. The molecule has 0 atom stereocenters. The van der Waals surface area contributed by atoms with Crippen molar-refractivity contribution in [2.45, 2.75) is 19.0 Å². The number of hydrogen-bond acceptors (Lipinski definition) is 3. The molecule has 7 heteroatoms. The Labute approximate surface area is 150 Å². The molecule has 0 aromatic heterocycles. The summed E-state index contributed by atoms with van der Waals surface area (Å²) in [5.41, 5.74) is 1.57. The van der Waals surface area contributed by atoms with Gasteiger partial charge in [-0.2, -0.15) is 13.2 Å². The van der Waals surface area contributed by atoms with E-state index in [0.717, 1.165) is 30.9 Å². The zero-order chi connectivity index (χ0) is 18.6. The fraction of sp³-hybridized carbons (Fsp3) is 0.316. The largest absolute Gasteiger partial charge is 0.416 e. The van der Waals surface area contributed by atoms with Crippen molar-refractivity contribution in [1.29, 1.82) is 0 Å². The van der Waals surface area contributed by atoms with Crippen LogP contribution in [0.4, 0.5) is 30.2 Å². The van der Waals surface area contributed by atoms with E-state index < -0.39 is 11.7 Å². The van der Waals surface area contributed by atoms with Gasteiger partial charge in [0.1, 0.15) is 0 Å².